The minimum atomic E-state index is -0.599. The van der Waals surface area contributed by atoms with Gasteiger partial charge in [0.2, 0.25) is 11.9 Å². The normalized spacial score (nSPS) is 11.9. The first-order valence-corrected chi connectivity index (χ1v) is 7.29. The minimum absolute atomic E-state index is 0.0355. The van der Waals surface area contributed by atoms with Crippen LogP contribution in [0.15, 0.2) is 57.2 Å². The van der Waals surface area contributed by atoms with Crippen molar-refractivity contribution in [2.45, 2.75) is 0 Å². The molecule has 0 radical (unpaired) electrons. The summed E-state index contributed by atoms with van der Waals surface area (Å²) in [6.07, 6.45) is 1.13. The Bertz CT molecular complexity index is 1120. The fourth-order valence-electron chi connectivity index (χ4n) is 2.16. The number of fused-ring (bicyclic) bond motifs is 1. The largest absolute Gasteiger partial charge is 0.507 e. The average Bonchev–Trinajstić information content (AvgIpc) is 2.61. The summed E-state index contributed by atoms with van der Waals surface area (Å²) in [7, 11) is 0. The Morgan fingerprint density at radius 1 is 1.31 bits per heavy atom. The number of H-pyrrole nitrogens is 1. The summed E-state index contributed by atoms with van der Waals surface area (Å²) in [4.78, 5) is 36.5. The van der Waals surface area contributed by atoms with Crippen LogP contribution in [-0.4, -0.2) is 32.2 Å². The first-order valence-electron chi connectivity index (χ1n) is 7.29. The fraction of sp³-hybridized carbons (Fsp3) is 0. The van der Waals surface area contributed by atoms with Gasteiger partial charge in [0.05, 0.1) is 15.8 Å². The number of aromatic nitrogens is 2. The zero-order chi connectivity index (χ0) is 18.7. The predicted molar refractivity (Wildman–Crippen MR) is 96.0 cm³/mol. The molecule has 26 heavy (non-hydrogen) atoms. The molecule has 0 amide bonds. The van der Waals surface area contributed by atoms with Crippen LogP contribution in [0.1, 0.15) is 5.56 Å². The van der Waals surface area contributed by atoms with Gasteiger partial charge in [0.25, 0.3) is 11.2 Å². The van der Waals surface area contributed by atoms with Gasteiger partial charge in [0.1, 0.15) is 5.75 Å². The number of guanidine groups is 1. The van der Waals surface area contributed by atoms with Crippen molar-refractivity contribution in [1.29, 1.82) is 0 Å². The molecule has 1 aromatic heterocycles. The van der Waals surface area contributed by atoms with Gasteiger partial charge in [-0.1, -0.05) is 12.1 Å². The number of nitrogens with one attached hydrogen (secondary N) is 1. The zero-order valence-corrected chi connectivity index (χ0v) is 13.2. The molecule has 0 saturated heterocycles. The van der Waals surface area contributed by atoms with Gasteiger partial charge in [-0.2, -0.15) is 4.99 Å². The number of non-ortho nitro benzene ring substituents is 1. The topological polar surface area (TPSA) is 160 Å². The molecule has 0 bridgehead atoms. The molecule has 0 saturated carbocycles. The monoisotopic (exact) mass is 352 g/mol. The molecule has 4 N–H and O–H groups in total. The van der Waals surface area contributed by atoms with E-state index in [1.54, 1.807) is 24.3 Å². The van der Waals surface area contributed by atoms with Crippen LogP contribution in [-0.2, 0) is 0 Å². The maximum Gasteiger partial charge on any atom is 0.270 e. The van der Waals surface area contributed by atoms with Gasteiger partial charge in [-0.3, -0.25) is 19.9 Å². The predicted octanol–water partition coefficient (Wildman–Crippen LogP) is 1.60. The van der Waals surface area contributed by atoms with Gasteiger partial charge in [0, 0.05) is 23.9 Å². The van der Waals surface area contributed by atoms with Crippen molar-refractivity contribution in [2.75, 3.05) is 0 Å². The third kappa shape index (κ3) is 3.53. The van der Waals surface area contributed by atoms with Crippen molar-refractivity contribution in [3.63, 3.8) is 0 Å². The molecule has 0 aliphatic heterocycles. The Labute approximate surface area is 145 Å². The van der Waals surface area contributed by atoms with Gasteiger partial charge in [-0.25, -0.2) is 9.98 Å². The molecule has 1 heterocycles. The van der Waals surface area contributed by atoms with E-state index < -0.39 is 4.92 Å². The van der Waals surface area contributed by atoms with Crippen LogP contribution >= 0.6 is 0 Å². The van der Waals surface area contributed by atoms with E-state index in [-0.39, 0.29) is 34.5 Å². The first kappa shape index (κ1) is 16.8. The zero-order valence-electron chi connectivity index (χ0n) is 13.2. The number of aromatic amines is 1. The number of nitro groups is 1. The Hall–Kier alpha value is -4.08. The number of nitrogens with zero attached hydrogens (tertiary/aromatic N) is 4. The number of nitro benzene ring substituents is 1. The summed E-state index contributed by atoms with van der Waals surface area (Å²) in [5.74, 6) is -0.495. The maximum absolute atomic E-state index is 12.0. The molecule has 2 aromatic carbocycles. The summed E-state index contributed by atoms with van der Waals surface area (Å²) >= 11 is 0. The lowest BCUT2D eigenvalue weighted by Gasteiger charge is -2.00. The second-order valence-electron chi connectivity index (χ2n) is 5.14. The van der Waals surface area contributed by atoms with Crippen molar-refractivity contribution < 1.29 is 10.0 Å². The van der Waals surface area contributed by atoms with E-state index in [0.29, 0.717) is 10.9 Å². The number of phenolic OH excluding ortho intramolecular Hbond substituents is 1. The van der Waals surface area contributed by atoms with Crippen LogP contribution in [0.3, 0.4) is 0 Å². The highest BCUT2D eigenvalue weighted by atomic mass is 16.6. The minimum Gasteiger partial charge on any atom is -0.507 e. The molecule has 0 unspecified atom stereocenters. The second-order valence-corrected chi connectivity index (χ2v) is 5.14. The summed E-state index contributed by atoms with van der Waals surface area (Å²) in [5.41, 5.74) is 5.63. The lowest BCUT2D eigenvalue weighted by molar-refractivity contribution is -0.384. The molecule has 10 heteroatoms. The van der Waals surface area contributed by atoms with E-state index in [4.69, 9.17) is 5.73 Å². The molecular weight excluding hydrogens is 340 g/mol. The molecule has 0 atom stereocenters. The molecule has 10 nitrogen and oxygen atoms in total. The number of hydrogen-bond donors (Lipinski definition) is 3. The van der Waals surface area contributed by atoms with Gasteiger partial charge < -0.3 is 10.8 Å². The highest BCUT2D eigenvalue weighted by molar-refractivity contribution is 5.95. The van der Waals surface area contributed by atoms with Crippen LogP contribution in [0.5, 0.6) is 5.75 Å². The lowest BCUT2D eigenvalue weighted by atomic mass is 10.2. The second kappa shape index (κ2) is 6.81. The number of aromatic hydroxyl groups is 1. The van der Waals surface area contributed by atoms with E-state index in [1.807, 2.05) is 0 Å². The van der Waals surface area contributed by atoms with E-state index in [9.17, 15) is 20.0 Å². The van der Waals surface area contributed by atoms with Crippen molar-refractivity contribution in [3.8, 4) is 5.75 Å². The SMILES string of the molecule is NC(/N=C/c1cc([N+](=O)[O-])ccc1O)=N\c1nc2ccccc2c(=O)[nH]1. The first-order chi connectivity index (χ1) is 12.4. The molecule has 0 fully saturated rings. The Kier molecular flexibility index (Phi) is 4.39. The van der Waals surface area contributed by atoms with E-state index in [0.717, 1.165) is 18.3 Å². The average molecular weight is 352 g/mol. The van der Waals surface area contributed by atoms with Crippen LogP contribution in [0.4, 0.5) is 11.6 Å². The molecule has 0 aliphatic rings. The number of aliphatic imine (C=N–C) groups is 2. The van der Waals surface area contributed by atoms with Crippen molar-refractivity contribution in [1.82, 2.24) is 9.97 Å². The third-order valence-corrected chi connectivity index (χ3v) is 3.38. The fourth-order valence-corrected chi connectivity index (χ4v) is 2.16. The van der Waals surface area contributed by atoms with Crippen LogP contribution in [0.2, 0.25) is 0 Å². The van der Waals surface area contributed by atoms with Crippen LogP contribution < -0.4 is 11.3 Å². The standard InChI is InChI=1S/C16H12N6O4/c17-15(18-8-9-7-10(22(25)26)5-6-13(9)23)21-16-19-12-4-2-1-3-11(12)14(24)20-16/h1-8,23H,(H3,17,19,20,21,24)/b18-8+. The smallest absolute Gasteiger partial charge is 0.270 e. The Morgan fingerprint density at radius 3 is 2.85 bits per heavy atom. The van der Waals surface area contributed by atoms with Crippen LogP contribution in [0, 0.1) is 10.1 Å². The Balaban J connectivity index is 1.91. The van der Waals surface area contributed by atoms with Gasteiger partial charge >= 0.3 is 0 Å². The molecule has 3 aromatic rings. The van der Waals surface area contributed by atoms with Crippen molar-refractivity contribution >= 4 is 34.7 Å². The number of para-hydroxylation sites is 1. The van der Waals surface area contributed by atoms with Crippen LogP contribution in [0.25, 0.3) is 10.9 Å². The van der Waals surface area contributed by atoms with E-state index >= 15 is 0 Å². The number of rotatable bonds is 3. The molecular formula is C16H12N6O4. The molecule has 0 aliphatic carbocycles. The van der Waals surface area contributed by atoms with Crippen molar-refractivity contribution in [2.24, 2.45) is 15.7 Å². The molecule has 0 spiro atoms. The summed E-state index contributed by atoms with van der Waals surface area (Å²) in [6, 6.07) is 10.2. The van der Waals surface area contributed by atoms with Gasteiger partial charge in [-0.05, 0) is 18.2 Å². The van der Waals surface area contributed by atoms with Gasteiger partial charge in [-0.15, -0.1) is 0 Å². The summed E-state index contributed by atoms with van der Waals surface area (Å²) in [5, 5.41) is 20.9. The third-order valence-electron chi connectivity index (χ3n) is 3.38. The lowest BCUT2D eigenvalue weighted by Crippen LogP contribution is -2.11. The highest BCUT2D eigenvalue weighted by Gasteiger charge is 2.09. The Morgan fingerprint density at radius 2 is 2.08 bits per heavy atom. The number of hydrogen-bond acceptors (Lipinski definition) is 6. The van der Waals surface area contributed by atoms with E-state index in [1.165, 1.54) is 6.07 Å². The highest BCUT2D eigenvalue weighted by Crippen LogP contribution is 2.21. The molecule has 3 rings (SSSR count). The number of nitrogens with two attached hydrogens (primary N) is 1. The molecule has 130 valence electrons. The van der Waals surface area contributed by atoms with Gasteiger partial charge in [0.15, 0.2) is 0 Å². The summed E-state index contributed by atoms with van der Waals surface area (Å²) in [6.45, 7) is 0. The maximum atomic E-state index is 12.0. The quantitative estimate of drug-likeness (QED) is 0.281. The van der Waals surface area contributed by atoms with Crippen molar-refractivity contribution in [3.05, 3.63) is 68.5 Å². The summed E-state index contributed by atoms with van der Waals surface area (Å²) < 4.78 is 0. The number of benzene rings is 2. The van der Waals surface area contributed by atoms with E-state index in [2.05, 4.69) is 20.0 Å². The number of phenols is 1.